The zero-order valence-corrected chi connectivity index (χ0v) is 27.0. The van der Waals surface area contributed by atoms with Crippen LogP contribution in [0.4, 0.5) is 17.1 Å². The van der Waals surface area contributed by atoms with Crippen LogP contribution < -0.4 is 14.7 Å². The normalized spacial score (nSPS) is 10.9. The van der Waals surface area contributed by atoms with Crippen molar-refractivity contribution in [3.8, 4) is 0 Å². The molecule has 9 nitrogen and oxygen atoms in total. The predicted octanol–water partition coefficient (Wildman–Crippen LogP) is 5.59. The molecule has 0 heterocycles. The van der Waals surface area contributed by atoms with Crippen molar-refractivity contribution in [3.05, 3.63) is 91.0 Å². The summed E-state index contributed by atoms with van der Waals surface area (Å²) in [6.07, 6.45) is 1.02. The molecular weight excluding hydrogens is 570 g/mol. The van der Waals surface area contributed by atoms with E-state index in [0.717, 1.165) is 17.1 Å². The lowest BCUT2D eigenvalue weighted by molar-refractivity contribution is -0.162. The number of ether oxygens (including phenoxy) is 3. The van der Waals surface area contributed by atoms with Crippen molar-refractivity contribution < 1.29 is 28.6 Å². The summed E-state index contributed by atoms with van der Waals surface area (Å²) in [4.78, 5) is 44.2. The van der Waals surface area contributed by atoms with Crippen molar-refractivity contribution in [3.63, 3.8) is 0 Å². The highest BCUT2D eigenvalue weighted by molar-refractivity contribution is 5.71. The van der Waals surface area contributed by atoms with E-state index in [1.807, 2.05) is 134 Å². The van der Waals surface area contributed by atoms with Gasteiger partial charge in [-0.05, 0) is 42.8 Å². The van der Waals surface area contributed by atoms with Gasteiger partial charge in [-0.15, -0.1) is 0 Å². The van der Waals surface area contributed by atoms with Crippen LogP contribution in [-0.2, 0) is 28.6 Å². The Balaban J connectivity index is 1.55. The van der Waals surface area contributed by atoms with E-state index in [0.29, 0.717) is 26.1 Å². The Bertz CT molecular complexity index is 1150. The van der Waals surface area contributed by atoms with Crippen LogP contribution in [0.25, 0.3) is 0 Å². The second kappa shape index (κ2) is 18.3. The number of carbonyl (C=O) groups excluding carboxylic acids is 3. The molecule has 0 aliphatic rings. The molecule has 9 heteroatoms. The Kier molecular flexibility index (Phi) is 14.2. The lowest BCUT2D eigenvalue weighted by Gasteiger charge is -2.31. The van der Waals surface area contributed by atoms with Crippen LogP contribution >= 0.6 is 0 Å². The summed E-state index contributed by atoms with van der Waals surface area (Å²) >= 11 is 0. The number of anilines is 3. The van der Waals surface area contributed by atoms with Gasteiger partial charge in [-0.1, -0.05) is 61.5 Å². The molecule has 0 bridgehead atoms. The lowest BCUT2D eigenvalue weighted by atomic mass is 9.88. The summed E-state index contributed by atoms with van der Waals surface area (Å²) in [6, 6.07) is 29.4. The lowest BCUT2D eigenvalue weighted by Crippen LogP contribution is -2.39. The second-order valence-corrected chi connectivity index (χ2v) is 11.4. The fourth-order valence-electron chi connectivity index (χ4n) is 4.56. The number of rotatable bonds is 19. The van der Waals surface area contributed by atoms with E-state index < -0.39 is 5.41 Å². The van der Waals surface area contributed by atoms with Crippen LogP contribution in [-0.4, -0.2) is 78.5 Å². The van der Waals surface area contributed by atoms with Gasteiger partial charge in [0, 0.05) is 57.8 Å². The predicted molar refractivity (Wildman–Crippen MR) is 179 cm³/mol. The Morgan fingerprint density at radius 2 is 0.778 bits per heavy atom. The molecule has 0 spiro atoms. The van der Waals surface area contributed by atoms with Crippen molar-refractivity contribution in [2.24, 2.45) is 5.41 Å². The molecule has 0 atom stereocenters. The first-order valence-electron chi connectivity index (χ1n) is 15.5. The Hall–Kier alpha value is -4.53. The fraction of sp³-hybridized carbons (Fsp3) is 0.417. The molecule has 0 aliphatic carbocycles. The number of para-hydroxylation sites is 3. The molecule has 0 unspecified atom stereocenters. The number of carbonyl (C=O) groups is 3. The van der Waals surface area contributed by atoms with E-state index in [2.05, 4.69) is 0 Å². The number of hydrogen-bond donors (Lipinski definition) is 0. The van der Waals surface area contributed by atoms with Crippen molar-refractivity contribution in [1.82, 2.24) is 0 Å². The summed E-state index contributed by atoms with van der Waals surface area (Å²) in [5.74, 6) is -1.12. The van der Waals surface area contributed by atoms with Gasteiger partial charge in [-0.3, -0.25) is 14.4 Å². The highest BCUT2D eigenvalue weighted by Gasteiger charge is 2.34. The van der Waals surface area contributed by atoms with Gasteiger partial charge in [0.1, 0.15) is 19.8 Å². The zero-order valence-electron chi connectivity index (χ0n) is 27.0. The van der Waals surface area contributed by atoms with E-state index >= 15 is 0 Å². The SMILES string of the molecule is CCC(COC(=O)CCN(C)c1ccccc1)(COC(=O)CCN(C)c1ccccc1)COC(=O)CCN(C)c1ccccc1. The summed E-state index contributed by atoms with van der Waals surface area (Å²) in [5, 5.41) is 0. The highest BCUT2D eigenvalue weighted by Crippen LogP contribution is 2.25. The standard InChI is InChI=1S/C36H47N3O6/c1-5-36(27-43-33(40)21-24-37(2)30-15-9-6-10-16-30,28-44-34(41)22-25-38(3)31-17-11-7-12-18-31)29-45-35(42)23-26-39(4)32-19-13-8-14-20-32/h6-20H,5,21-29H2,1-4H3. The van der Waals surface area contributed by atoms with Crippen molar-refractivity contribution >= 4 is 35.0 Å². The van der Waals surface area contributed by atoms with Gasteiger partial charge in [-0.2, -0.15) is 0 Å². The third-order valence-electron chi connectivity index (χ3n) is 7.91. The molecule has 0 aliphatic heterocycles. The number of esters is 3. The first kappa shape index (κ1) is 35.0. The van der Waals surface area contributed by atoms with Gasteiger partial charge in [0.15, 0.2) is 0 Å². The van der Waals surface area contributed by atoms with Crippen LogP contribution in [0.5, 0.6) is 0 Å². The number of hydrogen-bond acceptors (Lipinski definition) is 9. The molecule has 45 heavy (non-hydrogen) atoms. The maximum absolute atomic E-state index is 12.8. The average molecular weight is 618 g/mol. The summed E-state index contributed by atoms with van der Waals surface area (Å²) in [6.45, 7) is 3.25. The molecule has 0 radical (unpaired) electrons. The number of nitrogens with zero attached hydrogens (tertiary/aromatic N) is 3. The molecule has 0 amide bonds. The van der Waals surface area contributed by atoms with E-state index in [1.165, 1.54) is 0 Å². The Labute approximate surface area is 267 Å². The zero-order chi connectivity index (χ0) is 32.5. The molecule has 3 aromatic rings. The van der Waals surface area contributed by atoms with Gasteiger partial charge in [-0.25, -0.2) is 0 Å². The summed E-state index contributed by atoms with van der Waals surface area (Å²) < 4.78 is 17.1. The van der Waals surface area contributed by atoms with Crippen molar-refractivity contribution in [1.29, 1.82) is 0 Å². The molecule has 242 valence electrons. The minimum absolute atomic E-state index is 0.0359. The van der Waals surface area contributed by atoms with Gasteiger partial charge in [0.2, 0.25) is 0 Å². The number of benzene rings is 3. The first-order chi connectivity index (χ1) is 21.7. The fourth-order valence-corrected chi connectivity index (χ4v) is 4.56. The van der Waals surface area contributed by atoms with Gasteiger partial charge < -0.3 is 28.9 Å². The molecule has 0 aromatic heterocycles. The molecular formula is C36H47N3O6. The van der Waals surface area contributed by atoms with Crippen LogP contribution in [0.1, 0.15) is 32.6 Å². The average Bonchev–Trinajstić information content (AvgIpc) is 3.09. The third kappa shape index (κ3) is 12.2. The monoisotopic (exact) mass is 617 g/mol. The van der Waals surface area contributed by atoms with Crippen LogP contribution in [0.15, 0.2) is 91.0 Å². The van der Waals surface area contributed by atoms with E-state index in [9.17, 15) is 14.4 Å². The minimum atomic E-state index is -0.872. The minimum Gasteiger partial charge on any atom is -0.465 e. The third-order valence-corrected chi connectivity index (χ3v) is 7.91. The summed E-state index contributed by atoms with van der Waals surface area (Å²) in [5.41, 5.74) is 2.14. The largest absolute Gasteiger partial charge is 0.465 e. The topological polar surface area (TPSA) is 88.6 Å². The van der Waals surface area contributed by atoms with Gasteiger partial charge >= 0.3 is 17.9 Å². The summed E-state index contributed by atoms with van der Waals surface area (Å²) in [7, 11) is 5.76. The van der Waals surface area contributed by atoms with E-state index in [-0.39, 0.29) is 57.0 Å². The van der Waals surface area contributed by atoms with Gasteiger partial charge in [0.25, 0.3) is 0 Å². The quantitative estimate of drug-likeness (QED) is 0.126. The van der Waals surface area contributed by atoms with Crippen LogP contribution in [0, 0.1) is 5.41 Å². The van der Waals surface area contributed by atoms with Crippen molar-refractivity contribution in [2.45, 2.75) is 32.6 Å². The molecule has 0 fully saturated rings. The Morgan fingerprint density at radius 3 is 1.02 bits per heavy atom. The Morgan fingerprint density at radius 1 is 0.511 bits per heavy atom. The van der Waals surface area contributed by atoms with Crippen LogP contribution in [0.2, 0.25) is 0 Å². The highest BCUT2D eigenvalue weighted by atomic mass is 16.6. The molecule has 3 aromatic carbocycles. The maximum atomic E-state index is 12.8. The molecule has 0 saturated carbocycles. The van der Waals surface area contributed by atoms with Crippen LogP contribution in [0.3, 0.4) is 0 Å². The molecule has 3 rings (SSSR count). The second-order valence-electron chi connectivity index (χ2n) is 11.4. The maximum Gasteiger partial charge on any atom is 0.307 e. The van der Waals surface area contributed by atoms with Crippen molar-refractivity contribution in [2.75, 3.05) is 75.3 Å². The smallest absolute Gasteiger partial charge is 0.307 e. The molecule has 0 N–H and O–H groups in total. The van der Waals surface area contributed by atoms with Gasteiger partial charge in [0.05, 0.1) is 24.7 Å². The molecule has 0 saturated heterocycles. The van der Waals surface area contributed by atoms with E-state index in [1.54, 1.807) is 0 Å². The van der Waals surface area contributed by atoms with E-state index in [4.69, 9.17) is 14.2 Å². The first-order valence-corrected chi connectivity index (χ1v) is 15.5.